The molecule has 1 atom stereocenters. The highest BCUT2D eigenvalue weighted by Gasteiger charge is 2.20. The van der Waals surface area contributed by atoms with E-state index in [1.54, 1.807) is 0 Å². The lowest BCUT2D eigenvalue weighted by Gasteiger charge is -2.33. The van der Waals surface area contributed by atoms with Crippen LogP contribution in [0.2, 0.25) is 0 Å². The first-order chi connectivity index (χ1) is 9.06. The lowest BCUT2D eigenvalue weighted by Crippen LogP contribution is -2.40. The van der Waals surface area contributed by atoms with E-state index in [1.807, 2.05) is 0 Å². The maximum Gasteiger partial charge on any atom is 0.191 e. The van der Waals surface area contributed by atoms with Crippen LogP contribution >= 0.6 is 24.0 Å². The Kier molecular flexibility index (Phi) is 10.6. The summed E-state index contributed by atoms with van der Waals surface area (Å²) in [7, 11) is 0. The van der Waals surface area contributed by atoms with Crippen molar-refractivity contribution in [1.29, 1.82) is 0 Å². The second-order valence-corrected chi connectivity index (χ2v) is 6.03. The summed E-state index contributed by atoms with van der Waals surface area (Å²) in [5.41, 5.74) is 6.03. The van der Waals surface area contributed by atoms with E-state index in [-0.39, 0.29) is 24.0 Å². The van der Waals surface area contributed by atoms with Gasteiger partial charge in [-0.3, -0.25) is 4.99 Å². The van der Waals surface area contributed by atoms with Crippen molar-refractivity contribution in [2.24, 2.45) is 22.6 Å². The fourth-order valence-electron chi connectivity index (χ4n) is 2.85. The molecule has 1 fully saturated rings. The fraction of sp³-hybridized carbons (Fsp3) is 0.933. The van der Waals surface area contributed by atoms with Gasteiger partial charge in [0, 0.05) is 32.7 Å². The minimum Gasteiger partial charge on any atom is -0.370 e. The maximum absolute atomic E-state index is 6.03. The first kappa shape index (κ1) is 20.0. The van der Waals surface area contributed by atoms with Crippen LogP contribution in [0.25, 0.3) is 0 Å². The third-order valence-corrected chi connectivity index (χ3v) is 3.83. The lowest BCUT2D eigenvalue weighted by atomic mass is 9.97. The molecule has 1 aliphatic rings. The summed E-state index contributed by atoms with van der Waals surface area (Å²) >= 11 is 0. The molecule has 2 N–H and O–H groups in total. The van der Waals surface area contributed by atoms with E-state index in [0.29, 0.717) is 11.9 Å². The zero-order valence-electron chi connectivity index (χ0n) is 13.6. The zero-order valence-corrected chi connectivity index (χ0v) is 16.0. The highest BCUT2D eigenvalue weighted by molar-refractivity contribution is 14.0. The van der Waals surface area contributed by atoms with Gasteiger partial charge in [-0.05, 0) is 45.1 Å². The molecule has 20 heavy (non-hydrogen) atoms. The fourth-order valence-corrected chi connectivity index (χ4v) is 2.85. The van der Waals surface area contributed by atoms with Crippen molar-refractivity contribution in [3.05, 3.63) is 0 Å². The van der Waals surface area contributed by atoms with Gasteiger partial charge >= 0.3 is 0 Å². The number of nitrogens with two attached hydrogens (primary N) is 1. The number of likely N-dealkylation sites (tertiary alicyclic amines) is 1. The van der Waals surface area contributed by atoms with Gasteiger partial charge < -0.3 is 15.5 Å². The van der Waals surface area contributed by atoms with E-state index in [4.69, 9.17) is 5.73 Å². The molecule has 1 heterocycles. The summed E-state index contributed by atoms with van der Waals surface area (Å²) in [4.78, 5) is 9.30. The van der Waals surface area contributed by atoms with Crippen LogP contribution in [-0.2, 0) is 0 Å². The van der Waals surface area contributed by atoms with Crippen LogP contribution in [0.15, 0.2) is 4.99 Å². The molecule has 4 nitrogen and oxygen atoms in total. The van der Waals surface area contributed by atoms with Crippen LogP contribution in [0, 0.1) is 11.8 Å². The molecule has 0 saturated carbocycles. The van der Waals surface area contributed by atoms with E-state index < -0.39 is 0 Å². The molecule has 0 aromatic carbocycles. The van der Waals surface area contributed by atoms with Crippen molar-refractivity contribution in [2.75, 3.05) is 39.3 Å². The van der Waals surface area contributed by atoms with Crippen molar-refractivity contribution in [2.45, 2.75) is 40.5 Å². The summed E-state index contributed by atoms with van der Waals surface area (Å²) in [6.07, 6.45) is 2.60. The maximum atomic E-state index is 6.03. The molecule has 0 amide bonds. The molecule has 1 aliphatic heterocycles. The van der Waals surface area contributed by atoms with Crippen LogP contribution in [0.4, 0.5) is 0 Å². The number of aliphatic imine (C=N–C) groups is 1. The number of nitrogens with zero attached hydrogens (tertiary/aromatic N) is 3. The normalized spacial score (nSPS) is 20.9. The molecule has 5 heteroatoms. The third kappa shape index (κ3) is 7.11. The van der Waals surface area contributed by atoms with E-state index in [2.05, 4.69) is 42.5 Å². The van der Waals surface area contributed by atoms with Crippen LogP contribution < -0.4 is 5.73 Å². The lowest BCUT2D eigenvalue weighted by molar-refractivity contribution is 0.162. The molecule has 0 radical (unpaired) electrons. The topological polar surface area (TPSA) is 44.9 Å². The Balaban J connectivity index is 0.00000361. The molecule has 0 bridgehead atoms. The highest BCUT2D eigenvalue weighted by atomic mass is 127. The Morgan fingerprint density at radius 3 is 2.55 bits per heavy atom. The van der Waals surface area contributed by atoms with Gasteiger partial charge in [0.15, 0.2) is 5.96 Å². The molecule has 120 valence electrons. The molecule has 0 spiro atoms. The first-order valence-electron chi connectivity index (χ1n) is 7.84. The summed E-state index contributed by atoms with van der Waals surface area (Å²) < 4.78 is 0. The highest BCUT2D eigenvalue weighted by Crippen LogP contribution is 2.17. The predicted molar refractivity (Wildman–Crippen MR) is 98.8 cm³/mol. The Morgan fingerprint density at radius 1 is 1.35 bits per heavy atom. The quantitative estimate of drug-likeness (QED) is 0.427. The Morgan fingerprint density at radius 2 is 2.00 bits per heavy atom. The average Bonchev–Trinajstić information content (AvgIpc) is 2.37. The van der Waals surface area contributed by atoms with Gasteiger partial charge in [-0.25, -0.2) is 0 Å². The van der Waals surface area contributed by atoms with E-state index in [0.717, 1.165) is 25.6 Å². The number of rotatable bonds is 6. The molecular weight excluding hydrogens is 363 g/mol. The minimum absolute atomic E-state index is 0. The molecule has 0 aromatic heterocycles. The Hall–Kier alpha value is -0.0400. The van der Waals surface area contributed by atoms with Gasteiger partial charge in [0.2, 0.25) is 0 Å². The molecule has 0 aliphatic carbocycles. The van der Waals surface area contributed by atoms with Crippen molar-refractivity contribution < 1.29 is 0 Å². The standard InChI is InChI=1S/C15H32N4.HI/c1-5-19(6-2)15(16)17-10-14-8-7-9-18(12-14)11-13(3)4;/h13-14H,5-12H2,1-4H3,(H2,16,17);1H. The van der Waals surface area contributed by atoms with Crippen molar-refractivity contribution in [3.8, 4) is 0 Å². The smallest absolute Gasteiger partial charge is 0.191 e. The Labute approximate surface area is 142 Å². The number of guanidine groups is 1. The summed E-state index contributed by atoms with van der Waals surface area (Å²) in [5, 5.41) is 0. The SMILES string of the molecule is CCN(CC)C(N)=NCC1CCCN(CC(C)C)C1.I. The minimum atomic E-state index is 0. The van der Waals surface area contributed by atoms with Crippen LogP contribution in [0.1, 0.15) is 40.5 Å². The first-order valence-corrected chi connectivity index (χ1v) is 7.84. The average molecular weight is 396 g/mol. The van der Waals surface area contributed by atoms with Crippen molar-refractivity contribution in [3.63, 3.8) is 0 Å². The van der Waals surface area contributed by atoms with Gasteiger partial charge in [0.05, 0.1) is 0 Å². The van der Waals surface area contributed by atoms with E-state index in [1.165, 1.54) is 32.5 Å². The number of piperidine rings is 1. The molecule has 0 aromatic rings. The van der Waals surface area contributed by atoms with Gasteiger partial charge in [0.1, 0.15) is 0 Å². The third-order valence-electron chi connectivity index (χ3n) is 3.83. The zero-order chi connectivity index (χ0) is 14.3. The van der Waals surface area contributed by atoms with Gasteiger partial charge in [-0.1, -0.05) is 13.8 Å². The summed E-state index contributed by atoms with van der Waals surface area (Å²) in [5.74, 6) is 2.15. The van der Waals surface area contributed by atoms with Crippen LogP contribution in [-0.4, -0.2) is 55.0 Å². The van der Waals surface area contributed by atoms with Gasteiger partial charge in [-0.15, -0.1) is 24.0 Å². The molecule has 1 rings (SSSR count). The molecule has 1 unspecified atom stereocenters. The molecule has 1 saturated heterocycles. The number of halogens is 1. The predicted octanol–water partition coefficient (Wildman–Crippen LogP) is 2.63. The van der Waals surface area contributed by atoms with E-state index in [9.17, 15) is 0 Å². The second-order valence-electron chi connectivity index (χ2n) is 6.03. The monoisotopic (exact) mass is 396 g/mol. The number of hydrogen-bond donors (Lipinski definition) is 1. The van der Waals surface area contributed by atoms with Crippen molar-refractivity contribution >= 4 is 29.9 Å². The number of hydrogen-bond acceptors (Lipinski definition) is 2. The van der Waals surface area contributed by atoms with Gasteiger partial charge in [-0.2, -0.15) is 0 Å². The summed E-state index contributed by atoms with van der Waals surface area (Å²) in [6.45, 7) is 15.2. The Bertz CT molecular complexity index is 277. The molecular formula is C15H33IN4. The summed E-state index contributed by atoms with van der Waals surface area (Å²) in [6, 6.07) is 0. The van der Waals surface area contributed by atoms with Gasteiger partial charge in [0.25, 0.3) is 0 Å². The second kappa shape index (κ2) is 10.7. The largest absolute Gasteiger partial charge is 0.370 e. The van der Waals surface area contributed by atoms with E-state index >= 15 is 0 Å². The van der Waals surface area contributed by atoms with Crippen LogP contribution in [0.5, 0.6) is 0 Å². The van der Waals surface area contributed by atoms with Crippen molar-refractivity contribution in [1.82, 2.24) is 9.80 Å². The van der Waals surface area contributed by atoms with Crippen LogP contribution in [0.3, 0.4) is 0 Å².